The second kappa shape index (κ2) is 11.5. The molecule has 1 atom stereocenters. The van der Waals surface area contributed by atoms with Gasteiger partial charge < -0.3 is 20.7 Å². The summed E-state index contributed by atoms with van der Waals surface area (Å²) in [6.45, 7) is 4.71. The van der Waals surface area contributed by atoms with Gasteiger partial charge in [0.2, 0.25) is 0 Å². The summed E-state index contributed by atoms with van der Waals surface area (Å²) in [6.07, 6.45) is -2.73. The zero-order valence-electron chi connectivity index (χ0n) is 15.5. The van der Waals surface area contributed by atoms with Crippen LogP contribution in [0.1, 0.15) is 26.7 Å². The summed E-state index contributed by atoms with van der Waals surface area (Å²) in [7, 11) is 3.96. The van der Waals surface area contributed by atoms with Gasteiger partial charge in [-0.3, -0.25) is 4.99 Å². The van der Waals surface area contributed by atoms with Gasteiger partial charge in [-0.05, 0) is 32.1 Å². The summed E-state index contributed by atoms with van der Waals surface area (Å²) in [5, 5.41) is 2.69. The predicted octanol–water partition coefficient (Wildman–Crippen LogP) is 4.30. The van der Waals surface area contributed by atoms with E-state index in [2.05, 4.69) is 33.8 Å². The molecular formula is C17H28F3IN4O. The highest BCUT2D eigenvalue weighted by Crippen LogP contribution is 2.29. The minimum atomic E-state index is -4.77. The maximum absolute atomic E-state index is 12.5. The Hall–Kier alpha value is -1.23. The SMILES string of the molecule is CCC(CC)C(CN=C(N)Nc1ccccc1OC(F)(F)F)N(C)C.I. The largest absolute Gasteiger partial charge is 0.573 e. The van der Waals surface area contributed by atoms with Crippen LogP contribution >= 0.6 is 24.0 Å². The average Bonchev–Trinajstić information content (AvgIpc) is 2.51. The van der Waals surface area contributed by atoms with Crippen molar-refractivity contribution in [3.63, 3.8) is 0 Å². The summed E-state index contributed by atoms with van der Waals surface area (Å²) in [5.41, 5.74) is 5.97. The molecule has 0 fully saturated rings. The Kier molecular flexibility index (Phi) is 10.9. The van der Waals surface area contributed by atoms with Gasteiger partial charge in [-0.15, -0.1) is 37.1 Å². The van der Waals surface area contributed by atoms with E-state index in [9.17, 15) is 13.2 Å². The molecule has 0 saturated carbocycles. The fraction of sp³-hybridized carbons (Fsp3) is 0.588. The van der Waals surface area contributed by atoms with Crippen LogP contribution in [-0.4, -0.2) is 43.9 Å². The second-order valence-corrected chi connectivity index (χ2v) is 6.00. The smallest absolute Gasteiger partial charge is 0.404 e. The van der Waals surface area contributed by atoms with E-state index in [1.807, 2.05) is 14.1 Å². The first-order chi connectivity index (χ1) is 11.7. The fourth-order valence-electron chi connectivity index (χ4n) is 2.72. The molecule has 1 aromatic rings. The first kappa shape index (κ1) is 24.8. The molecule has 0 aliphatic rings. The maximum Gasteiger partial charge on any atom is 0.573 e. The van der Waals surface area contributed by atoms with Crippen molar-refractivity contribution in [2.45, 2.75) is 39.1 Å². The number of nitrogens with two attached hydrogens (primary N) is 1. The Morgan fingerprint density at radius 1 is 1.23 bits per heavy atom. The number of nitrogens with one attached hydrogen (secondary N) is 1. The highest BCUT2D eigenvalue weighted by molar-refractivity contribution is 14.0. The van der Waals surface area contributed by atoms with Gasteiger partial charge in [0, 0.05) is 6.04 Å². The predicted molar refractivity (Wildman–Crippen MR) is 110 cm³/mol. The number of guanidine groups is 1. The third kappa shape index (κ3) is 8.43. The molecule has 0 radical (unpaired) electrons. The molecule has 0 aliphatic heterocycles. The lowest BCUT2D eigenvalue weighted by atomic mass is 9.93. The van der Waals surface area contributed by atoms with Crippen molar-refractivity contribution in [1.82, 2.24) is 4.90 Å². The molecule has 0 heterocycles. The molecule has 0 spiro atoms. The number of likely N-dealkylation sites (N-methyl/N-ethyl adjacent to an activating group) is 1. The molecule has 3 N–H and O–H groups in total. The Morgan fingerprint density at radius 3 is 2.31 bits per heavy atom. The van der Waals surface area contributed by atoms with Crippen molar-refractivity contribution in [2.24, 2.45) is 16.6 Å². The van der Waals surface area contributed by atoms with E-state index in [1.165, 1.54) is 18.2 Å². The van der Waals surface area contributed by atoms with Gasteiger partial charge in [0.05, 0.1) is 12.2 Å². The van der Waals surface area contributed by atoms with E-state index in [0.29, 0.717) is 12.5 Å². The second-order valence-electron chi connectivity index (χ2n) is 6.00. The number of nitrogens with zero attached hydrogens (tertiary/aromatic N) is 2. The summed E-state index contributed by atoms with van der Waals surface area (Å²) < 4.78 is 41.3. The van der Waals surface area contributed by atoms with E-state index in [0.717, 1.165) is 12.8 Å². The molecular weight excluding hydrogens is 460 g/mol. The Morgan fingerprint density at radius 2 is 1.81 bits per heavy atom. The van der Waals surface area contributed by atoms with E-state index < -0.39 is 6.36 Å². The van der Waals surface area contributed by atoms with E-state index in [-0.39, 0.29) is 47.4 Å². The molecule has 0 aliphatic carbocycles. The Balaban J connectivity index is 0.00000625. The highest BCUT2D eigenvalue weighted by Gasteiger charge is 2.32. The van der Waals surface area contributed by atoms with Gasteiger partial charge in [0.25, 0.3) is 0 Å². The van der Waals surface area contributed by atoms with E-state index in [1.54, 1.807) is 6.07 Å². The van der Waals surface area contributed by atoms with Crippen LogP contribution in [0.2, 0.25) is 0 Å². The third-order valence-corrected chi connectivity index (χ3v) is 4.08. The average molecular weight is 488 g/mol. The zero-order valence-corrected chi connectivity index (χ0v) is 17.8. The molecule has 150 valence electrons. The number of aliphatic imine (C=N–C) groups is 1. The summed E-state index contributed by atoms with van der Waals surface area (Å²) >= 11 is 0. The normalized spacial score (nSPS) is 13.5. The van der Waals surface area contributed by atoms with Crippen molar-refractivity contribution in [2.75, 3.05) is 26.0 Å². The summed E-state index contributed by atoms with van der Waals surface area (Å²) in [4.78, 5) is 6.39. The lowest BCUT2D eigenvalue weighted by Gasteiger charge is -2.30. The number of halogens is 4. The third-order valence-electron chi connectivity index (χ3n) is 4.08. The van der Waals surface area contributed by atoms with E-state index >= 15 is 0 Å². The van der Waals surface area contributed by atoms with Crippen LogP contribution < -0.4 is 15.8 Å². The lowest BCUT2D eigenvalue weighted by Crippen LogP contribution is -2.38. The molecule has 0 aromatic heterocycles. The van der Waals surface area contributed by atoms with Crippen LogP contribution in [0.15, 0.2) is 29.3 Å². The van der Waals surface area contributed by atoms with Crippen LogP contribution in [0.4, 0.5) is 18.9 Å². The first-order valence-electron chi connectivity index (χ1n) is 8.26. The molecule has 1 rings (SSSR count). The highest BCUT2D eigenvalue weighted by atomic mass is 127. The molecule has 0 saturated heterocycles. The Labute approximate surface area is 170 Å². The summed E-state index contributed by atoms with van der Waals surface area (Å²) in [5.74, 6) is 0.167. The van der Waals surface area contributed by atoms with Crippen molar-refractivity contribution in [1.29, 1.82) is 0 Å². The molecule has 0 amide bonds. The van der Waals surface area contributed by atoms with Crippen LogP contribution in [-0.2, 0) is 0 Å². The molecule has 26 heavy (non-hydrogen) atoms. The summed E-state index contributed by atoms with van der Waals surface area (Å²) in [6, 6.07) is 5.92. The van der Waals surface area contributed by atoms with Crippen molar-refractivity contribution in [3.05, 3.63) is 24.3 Å². The van der Waals surface area contributed by atoms with Crippen molar-refractivity contribution in [3.8, 4) is 5.75 Å². The number of para-hydroxylation sites is 2. The van der Waals surface area contributed by atoms with Crippen molar-refractivity contribution >= 4 is 35.6 Å². The number of hydrogen-bond donors (Lipinski definition) is 2. The first-order valence-corrected chi connectivity index (χ1v) is 8.26. The van der Waals surface area contributed by atoms with E-state index in [4.69, 9.17) is 5.73 Å². The zero-order chi connectivity index (χ0) is 19.0. The molecule has 5 nitrogen and oxygen atoms in total. The minimum Gasteiger partial charge on any atom is -0.404 e. The van der Waals surface area contributed by atoms with Gasteiger partial charge in [-0.2, -0.15) is 0 Å². The Bertz CT molecular complexity index is 563. The topological polar surface area (TPSA) is 62.9 Å². The lowest BCUT2D eigenvalue weighted by molar-refractivity contribution is -0.274. The quantitative estimate of drug-likeness (QED) is 0.326. The number of rotatable bonds is 8. The molecule has 0 bridgehead atoms. The monoisotopic (exact) mass is 488 g/mol. The van der Waals surface area contributed by atoms with Crippen LogP contribution in [0, 0.1) is 5.92 Å². The fourth-order valence-corrected chi connectivity index (χ4v) is 2.72. The number of ether oxygens (including phenoxy) is 1. The standard InChI is InChI=1S/C17H27F3N4O.HI/c1-5-12(6-2)14(24(3)4)11-22-16(21)23-13-9-7-8-10-15(13)25-17(18,19)20;/h7-10,12,14H,5-6,11H2,1-4H3,(H3,21,22,23);1H. The van der Waals surface area contributed by atoms with Crippen LogP contribution in [0.3, 0.4) is 0 Å². The van der Waals surface area contributed by atoms with Crippen molar-refractivity contribution < 1.29 is 17.9 Å². The maximum atomic E-state index is 12.5. The number of anilines is 1. The number of benzene rings is 1. The number of hydrogen-bond acceptors (Lipinski definition) is 3. The molecule has 1 aromatic carbocycles. The van der Waals surface area contributed by atoms with Gasteiger partial charge in [0.1, 0.15) is 0 Å². The van der Waals surface area contributed by atoms with Gasteiger partial charge in [-0.1, -0.05) is 38.8 Å². The van der Waals surface area contributed by atoms with Gasteiger partial charge in [0.15, 0.2) is 11.7 Å². The molecule has 1 unspecified atom stereocenters. The minimum absolute atomic E-state index is 0. The van der Waals surface area contributed by atoms with Gasteiger partial charge >= 0.3 is 6.36 Å². The number of alkyl halides is 3. The molecule has 9 heteroatoms. The van der Waals surface area contributed by atoms with Crippen LogP contribution in [0.25, 0.3) is 0 Å². The van der Waals surface area contributed by atoms with Gasteiger partial charge in [-0.25, -0.2) is 0 Å². The van der Waals surface area contributed by atoms with Crippen LogP contribution in [0.5, 0.6) is 5.75 Å².